The summed E-state index contributed by atoms with van der Waals surface area (Å²) in [5.74, 6) is 0.610. The van der Waals surface area contributed by atoms with E-state index in [-0.39, 0.29) is 18.1 Å². The van der Waals surface area contributed by atoms with Gasteiger partial charge in [-0.3, -0.25) is 9.59 Å². The highest BCUT2D eigenvalue weighted by atomic mass is 16.5. The van der Waals surface area contributed by atoms with Crippen LogP contribution < -0.4 is 4.74 Å². The zero-order chi connectivity index (χ0) is 14.6. The van der Waals surface area contributed by atoms with Crippen molar-refractivity contribution in [3.63, 3.8) is 0 Å². The van der Waals surface area contributed by atoms with Crippen molar-refractivity contribution < 1.29 is 14.3 Å². The zero-order valence-electron chi connectivity index (χ0n) is 12.2. The van der Waals surface area contributed by atoms with Crippen LogP contribution in [0.25, 0.3) is 0 Å². The summed E-state index contributed by atoms with van der Waals surface area (Å²) < 4.78 is 5.31. The van der Waals surface area contributed by atoms with Gasteiger partial charge in [-0.15, -0.1) is 0 Å². The van der Waals surface area contributed by atoms with Gasteiger partial charge >= 0.3 is 0 Å². The molecule has 4 heteroatoms. The summed E-state index contributed by atoms with van der Waals surface area (Å²) in [6.07, 6.45) is -0.0371. The van der Waals surface area contributed by atoms with Gasteiger partial charge in [0.1, 0.15) is 11.5 Å². The molecular formula is C15H21NO3. The summed E-state index contributed by atoms with van der Waals surface area (Å²) >= 11 is 0. The lowest BCUT2D eigenvalue weighted by Gasteiger charge is -2.18. The molecule has 104 valence electrons. The molecule has 0 aliphatic heterocycles. The normalized spacial score (nSPS) is 10.2. The molecule has 0 aliphatic carbocycles. The van der Waals surface area contributed by atoms with Crippen molar-refractivity contribution in [2.24, 2.45) is 0 Å². The third-order valence-corrected chi connectivity index (χ3v) is 2.97. The maximum absolute atomic E-state index is 11.7. The van der Waals surface area contributed by atoms with E-state index >= 15 is 0 Å². The van der Waals surface area contributed by atoms with Gasteiger partial charge in [0.2, 0.25) is 5.91 Å². The smallest absolute Gasteiger partial charge is 0.230 e. The Morgan fingerprint density at radius 2 is 1.74 bits per heavy atom. The number of hydrogen-bond acceptors (Lipinski definition) is 3. The lowest BCUT2D eigenvalue weighted by Crippen LogP contribution is -2.27. The molecule has 0 saturated carbocycles. The van der Waals surface area contributed by atoms with E-state index in [1.807, 2.05) is 26.0 Å². The highest BCUT2D eigenvalue weighted by molar-refractivity contribution is 5.96. The van der Waals surface area contributed by atoms with E-state index in [0.717, 1.165) is 22.4 Å². The van der Waals surface area contributed by atoms with Crippen LogP contribution in [0.5, 0.6) is 5.75 Å². The molecule has 0 N–H and O–H groups in total. The predicted molar refractivity (Wildman–Crippen MR) is 74.2 cm³/mol. The molecule has 0 atom stereocenters. The minimum atomic E-state index is -0.154. The molecule has 1 rings (SSSR count). The first-order chi connectivity index (χ1) is 8.85. The van der Waals surface area contributed by atoms with Gasteiger partial charge in [-0.25, -0.2) is 0 Å². The third-order valence-electron chi connectivity index (χ3n) is 2.97. The zero-order valence-corrected chi connectivity index (χ0v) is 12.2. The van der Waals surface area contributed by atoms with Crippen molar-refractivity contribution in [2.45, 2.75) is 33.7 Å². The van der Waals surface area contributed by atoms with Crippen LogP contribution in [-0.2, 0) is 16.1 Å². The van der Waals surface area contributed by atoms with E-state index in [0.29, 0.717) is 6.54 Å². The number of carbonyl (C=O) groups is 2. The Morgan fingerprint density at radius 3 is 2.16 bits per heavy atom. The predicted octanol–water partition coefficient (Wildman–Crippen LogP) is 2.25. The fourth-order valence-electron chi connectivity index (χ4n) is 2.16. The first-order valence-electron chi connectivity index (χ1n) is 6.22. The summed E-state index contributed by atoms with van der Waals surface area (Å²) in [5, 5.41) is 0. The maximum atomic E-state index is 11.7. The number of carbonyl (C=O) groups excluding carboxylic acids is 2. The van der Waals surface area contributed by atoms with E-state index in [1.54, 1.807) is 19.1 Å². The fraction of sp³-hybridized carbons (Fsp3) is 0.467. The van der Waals surface area contributed by atoms with Crippen LogP contribution in [0.1, 0.15) is 30.0 Å². The van der Waals surface area contributed by atoms with Crippen molar-refractivity contribution in [2.75, 3.05) is 14.2 Å². The van der Waals surface area contributed by atoms with Crippen LogP contribution in [0.15, 0.2) is 12.1 Å². The second-order valence-electron chi connectivity index (χ2n) is 4.89. The Hall–Kier alpha value is -1.84. The number of aryl methyl sites for hydroxylation is 2. The Bertz CT molecular complexity index is 471. The maximum Gasteiger partial charge on any atom is 0.230 e. The van der Waals surface area contributed by atoms with Crippen molar-refractivity contribution in [3.05, 3.63) is 28.8 Å². The Labute approximate surface area is 114 Å². The van der Waals surface area contributed by atoms with E-state index < -0.39 is 0 Å². The lowest BCUT2D eigenvalue weighted by atomic mass is 10.1. The molecule has 0 heterocycles. The first kappa shape index (κ1) is 15.2. The van der Waals surface area contributed by atoms with Gasteiger partial charge in [-0.05, 0) is 37.5 Å². The molecule has 1 aromatic carbocycles. The molecule has 0 spiro atoms. The van der Waals surface area contributed by atoms with E-state index in [4.69, 9.17) is 4.74 Å². The molecule has 1 aromatic rings. The Morgan fingerprint density at radius 1 is 1.21 bits per heavy atom. The van der Waals surface area contributed by atoms with Gasteiger partial charge in [0.05, 0.1) is 13.5 Å². The second-order valence-corrected chi connectivity index (χ2v) is 4.89. The molecule has 0 aliphatic rings. The monoisotopic (exact) mass is 263 g/mol. The molecule has 0 fully saturated rings. The number of nitrogens with zero attached hydrogens (tertiary/aromatic N) is 1. The minimum absolute atomic E-state index is 0.0371. The lowest BCUT2D eigenvalue weighted by molar-refractivity contribution is -0.134. The first-order valence-corrected chi connectivity index (χ1v) is 6.22. The number of amides is 1. The van der Waals surface area contributed by atoms with Crippen LogP contribution in [0.2, 0.25) is 0 Å². The molecule has 0 saturated heterocycles. The molecule has 1 amide bonds. The molecular weight excluding hydrogens is 242 g/mol. The molecule has 0 radical (unpaired) electrons. The number of hydrogen-bond donors (Lipinski definition) is 0. The Kier molecular flexibility index (Phi) is 5.10. The van der Waals surface area contributed by atoms with Crippen molar-refractivity contribution in [3.8, 4) is 5.75 Å². The van der Waals surface area contributed by atoms with Gasteiger partial charge in [-0.2, -0.15) is 0 Å². The van der Waals surface area contributed by atoms with Gasteiger partial charge in [0.15, 0.2) is 0 Å². The number of ketones is 1. The van der Waals surface area contributed by atoms with Crippen molar-refractivity contribution >= 4 is 11.7 Å². The average Bonchev–Trinajstić information content (AvgIpc) is 2.27. The highest BCUT2D eigenvalue weighted by Gasteiger charge is 2.13. The number of ether oxygens (including phenoxy) is 1. The number of benzene rings is 1. The van der Waals surface area contributed by atoms with Crippen LogP contribution in [0, 0.1) is 13.8 Å². The van der Waals surface area contributed by atoms with Crippen LogP contribution in [-0.4, -0.2) is 30.7 Å². The second kappa shape index (κ2) is 6.36. The number of methoxy groups -OCH3 is 1. The van der Waals surface area contributed by atoms with Gasteiger partial charge in [-0.1, -0.05) is 12.1 Å². The molecule has 0 unspecified atom stereocenters. The molecule has 19 heavy (non-hydrogen) atoms. The van der Waals surface area contributed by atoms with Crippen LogP contribution >= 0.6 is 0 Å². The number of Topliss-reactive ketones (excluding diaryl/α,β-unsaturated/α-hetero) is 1. The van der Waals surface area contributed by atoms with Crippen LogP contribution in [0.4, 0.5) is 0 Å². The third kappa shape index (κ3) is 4.09. The molecule has 0 bridgehead atoms. The summed E-state index contributed by atoms with van der Waals surface area (Å²) in [6.45, 7) is 5.88. The largest absolute Gasteiger partial charge is 0.496 e. The van der Waals surface area contributed by atoms with E-state index in [2.05, 4.69) is 0 Å². The van der Waals surface area contributed by atoms with Crippen molar-refractivity contribution in [1.82, 2.24) is 4.90 Å². The van der Waals surface area contributed by atoms with Crippen LogP contribution in [0.3, 0.4) is 0 Å². The molecule has 0 aromatic heterocycles. The quantitative estimate of drug-likeness (QED) is 0.765. The minimum Gasteiger partial charge on any atom is -0.496 e. The SMILES string of the molecule is COc1c(C)cc(CN(C)C(=O)CC(C)=O)cc1C. The van der Waals surface area contributed by atoms with Gasteiger partial charge in [0.25, 0.3) is 0 Å². The number of rotatable bonds is 5. The van der Waals surface area contributed by atoms with E-state index in [9.17, 15) is 9.59 Å². The summed E-state index contributed by atoms with van der Waals surface area (Å²) in [6, 6.07) is 4.01. The summed E-state index contributed by atoms with van der Waals surface area (Å²) in [5.41, 5.74) is 3.13. The van der Waals surface area contributed by atoms with Gasteiger partial charge in [0, 0.05) is 13.6 Å². The average molecular weight is 263 g/mol. The molecule has 4 nitrogen and oxygen atoms in total. The van der Waals surface area contributed by atoms with Gasteiger partial charge < -0.3 is 9.64 Å². The topological polar surface area (TPSA) is 46.6 Å². The highest BCUT2D eigenvalue weighted by Crippen LogP contribution is 2.24. The summed E-state index contributed by atoms with van der Waals surface area (Å²) in [7, 11) is 3.36. The van der Waals surface area contributed by atoms with E-state index in [1.165, 1.54) is 6.92 Å². The summed E-state index contributed by atoms with van der Waals surface area (Å²) in [4.78, 5) is 24.2. The standard InChI is InChI=1S/C15H21NO3/c1-10-6-13(7-11(2)15(10)19-5)9-16(4)14(18)8-12(3)17/h6-7H,8-9H2,1-5H3. The Balaban J connectivity index is 2.83. The van der Waals surface area contributed by atoms with Crippen molar-refractivity contribution in [1.29, 1.82) is 0 Å². The fourth-order valence-corrected chi connectivity index (χ4v) is 2.16.